The third-order valence-corrected chi connectivity index (χ3v) is 3.32. The SMILES string of the molecule is CC(C)(C)OC(=O)N1CCC(Oc2ncc(C(F)(F)F)cn2)CC1.[F-].[K+]. The average molecular weight is 405 g/mol. The molecule has 0 aromatic carbocycles. The van der Waals surface area contributed by atoms with Crippen LogP contribution in [0.1, 0.15) is 39.2 Å². The van der Waals surface area contributed by atoms with Crippen LogP contribution in [0.4, 0.5) is 18.0 Å². The molecule has 1 aliphatic heterocycles. The van der Waals surface area contributed by atoms with Crippen molar-refractivity contribution in [3.05, 3.63) is 18.0 Å². The molecule has 2 heterocycles. The number of rotatable bonds is 2. The van der Waals surface area contributed by atoms with Crippen LogP contribution < -0.4 is 60.8 Å². The van der Waals surface area contributed by atoms with E-state index in [0.717, 1.165) is 0 Å². The van der Waals surface area contributed by atoms with Gasteiger partial charge in [0.05, 0.1) is 5.56 Å². The fraction of sp³-hybridized carbons (Fsp3) is 0.667. The zero-order valence-corrected chi connectivity index (χ0v) is 18.3. The number of amides is 1. The van der Waals surface area contributed by atoms with Gasteiger partial charge in [0, 0.05) is 38.3 Å². The summed E-state index contributed by atoms with van der Waals surface area (Å²) in [6.45, 7) is 6.27. The molecule has 1 aromatic rings. The molecule has 1 amide bonds. The van der Waals surface area contributed by atoms with E-state index >= 15 is 0 Å². The maximum absolute atomic E-state index is 12.4. The minimum atomic E-state index is -4.47. The Labute approximate surface area is 191 Å². The van der Waals surface area contributed by atoms with Gasteiger partial charge in [0.15, 0.2) is 0 Å². The van der Waals surface area contributed by atoms with E-state index in [9.17, 15) is 18.0 Å². The topological polar surface area (TPSA) is 64.5 Å². The van der Waals surface area contributed by atoms with Crippen LogP contribution in [-0.2, 0) is 10.9 Å². The van der Waals surface area contributed by atoms with E-state index in [1.807, 2.05) is 0 Å². The van der Waals surface area contributed by atoms with Gasteiger partial charge >= 0.3 is 69.7 Å². The molecule has 0 radical (unpaired) electrons. The van der Waals surface area contributed by atoms with E-state index in [2.05, 4.69) is 9.97 Å². The number of ether oxygens (including phenoxy) is 2. The molecule has 2 rings (SSSR count). The zero-order valence-electron chi connectivity index (χ0n) is 15.1. The van der Waals surface area contributed by atoms with Crippen LogP contribution in [0.15, 0.2) is 12.4 Å². The summed E-state index contributed by atoms with van der Waals surface area (Å²) in [7, 11) is 0. The summed E-state index contributed by atoms with van der Waals surface area (Å²) in [4.78, 5) is 20.7. The first-order valence-electron chi connectivity index (χ1n) is 7.58. The number of carbonyl (C=O) groups is 1. The molecule has 0 spiro atoms. The molecule has 1 aromatic heterocycles. The second kappa shape index (κ2) is 10.2. The summed E-state index contributed by atoms with van der Waals surface area (Å²) in [6, 6.07) is -0.0984. The van der Waals surface area contributed by atoms with Gasteiger partial charge in [0.1, 0.15) is 11.7 Å². The third-order valence-electron chi connectivity index (χ3n) is 3.32. The van der Waals surface area contributed by atoms with Gasteiger partial charge in [-0.3, -0.25) is 0 Å². The number of hydrogen-bond donors (Lipinski definition) is 0. The summed E-state index contributed by atoms with van der Waals surface area (Å²) in [5.41, 5.74) is -1.48. The van der Waals surface area contributed by atoms with Gasteiger partial charge < -0.3 is 19.1 Å². The van der Waals surface area contributed by atoms with Gasteiger partial charge in [0.25, 0.3) is 0 Å². The van der Waals surface area contributed by atoms with E-state index in [4.69, 9.17) is 9.47 Å². The van der Waals surface area contributed by atoms with Crippen LogP contribution in [0, 0.1) is 0 Å². The fourth-order valence-corrected chi connectivity index (χ4v) is 2.16. The first kappa shape index (κ1) is 25.5. The van der Waals surface area contributed by atoms with Crippen molar-refractivity contribution in [1.29, 1.82) is 0 Å². The van der Waals surface area contributed by atoms with Crippen molar-refractivity contribution in [2.75, 3.05) is 13.1 Å². The van der Waals surface area contributed by atoms with E-state index in [-0.39, 0.29) is 74.3 Å². The third kappa shape index (κ3) is 8.03. The molecular formula is C15H20F4KN3O3. The molecule has 0 bridgehead atoms. The van der Waals surface area contributed by atoms with E-state index in [1.54, 1.807) is 25.7 Å². The Hall–Kier alpha value is -0.494. The van der Waals surface area contributed by atoms with Gasteiger partial charge in [-0.05, 0) is 20.8 Å². The predicted molar refractivity (Wildman–Crippen MR) is 78.5 cm³/mol. The van der Waals surface area contributed by atoms with Crippen molar-refractivity contribution in [2.45, 2.75) is 51.5 Å². The number of piperidine rings is 1. The molecule has 0 saturated carbocycles. The molecule has 0 aliphatic carbocycles. The van der Waals surface area contributed by atoms with E-state index in [0.29, 0.717) is 38.3 Å². The summed E-state index contributed by atoms with van der Waals surface area (Å²) in [5.74, 6) is 0. The van der Waals surface area contributed by atoms with Crippen LogP contribution in [0.25, 0.3) is 0 Å². The van der Waals surface area contributed by atoms with Crippen LogP contribution in [0.3, 0.4) is 0 Å². The number of alkyl halides is 3. The smallest absolute Gasteiger partial charge is 1.00 e. The Morgan fingerprint density at radius 1 is 1.15 bits per heavy atom. The molecule has 6 nitrogen and oxygen atoms in total. The fourth-order valence-electron chi connectivity index (χ4n) is 2.16. The average Bonchev–Trinajstić information content (AvgIpc) is 2.46. The molecular weight excluding hydrogens is 385 g/mol. The quantitative estimate of drug-likeness (QED) is 0.395. The number of aromatic nitrogens is 2. The van der Waals surface area contributed by atoms with E-state index in [1.165, 1.54) is 0 Å². The molecule has 142 valence electrons. The monoisotopic (exact) mass is 405 g/mol. The van der Waals surface area contributed by atoms with Crippen molar-refractivity contribution in [3.8, 4) is 6.01 Å². The molecule has 0 unspecified atom stereocenters. The largest absolute Gasteiger partial charge is 1.00 e. The molecule has 1 aliphatic rings. The maximum atomic E-state index is 12.4. The molecule has 1 saturated heterocycles. The van der Waals surface area contributed by atoms with Gasteiger partial charge in [-0.15, -0.1) is 0 Å². The predicted octanol–water partition coefficient (Wildman–Crippen LogP) is -2.72. The van der Waals surface area contributed by atoms with Gasteiger partial charge in [0.2, 0.25) is 0 Å². The summed E-state index contributed by atoms with van der Waals surface area (Å²) < 4.78 is 48.1. The van der Waals surface area contributed by atoms with Crippen LogP contribution in [0.2, 0.25) is 0 Å². The number of nitrogens with zero attached hydrogens (tertiary/aromatic N) is 3. The number of halogens is 4. The second-order valence-corrected chi connectivity index (χ2v) is 6.54. The van der Waals surface area contributed by atoms with Gasteiger partial charge in [-0.1, -0.05) is 0 Å². The number of likely N-dealkylation sites (tertiary alicyclic amines) is 1. The molecule has 0 atom stereocenters. The normalized spacial score (nSPS) is 15.5. The van der Waals surface area contributed by atoms with Crippen LogP contribution >= 0.6 is 0 Å². The first-order chi connectivity index (χ1) is 11.0. The Kier molecular flexibility index (Phi) is 9.97. The Balaban J connectivity index is 0.00000312. The van der Waals surface area contributed by atoms with Gasteiger partial charge in [-0.25, -0.2) is 14.8 Å². The van der Waals surface area contributed by atoms with Crippen molar-refractivity contribution >= 4 is 6.09 Å². The molecule has 1 fully saturated rings. The van der Waals surface area contributed by atoms with Crippen molar-refractivity contribution in [3.63, 3.8) is 0 Å². The second-order valence-electron chi connectivity index (χ2n) is 6.54. The van der Waals surface area contributed by atoms with Crippen molar-refractivity contribution in [2.24, 2.45) is 0 Å². The Bertz CT molecular complexity index is 571. The van der Waals surface area contributed by atoms with E-state index < -0.39 is 17.3 Å². The molecule has 26 heavy (non-hydrogen) atoms. The first-order valence-corrected chi connectivity index (χ1v) is 7.58. The molecule has 0 N–H and O–H groups in total. The minimum absolute atomic E-state index is 0. The van der Waals surface area contributed by atoms with Crippen molar-refractivity contribution in [1.82, 2.24) is 14.9 Å². The van der Waals surface area contributed by atoms with Crippen LogP contribution in [-0.4, -0.2) is 45.8 Å². The maximum Gasteiger partial charge on any atom is 1.00 e. The molecule has 11 heteroatoms. The summed E-state index contributed by atoms with van der Waals surface area (Å²) in [6.07, 6.45) is -2.66. The van der Waals surface area contributed by atoms with Crippen molar-refractivity contribution < 1.29 is 83.5 Å². The van der Waals surface area contributed by atoms with Gasteiger partial charge in [-0.2, -0.15) is 13.2 Å². The summed E-state index contributed by atoms with van der Waals surface area (Å²) in [5, 5.41) is 0. The van der Waals surface area contributed by atoms with Crippen LogP contribution in [0.5, 0.6) is 6.01 Å². The zero-order chi connectivity index (χ0) is 18.0. The number of carbonyl (C=O) groups excluding carboxylic acids is 1. The number of hydrogen-bond acceptors (Lipinski definition) is 5. The standard InChI is InChI=1S/C15H20F3N3O3.FH.K/c1-14(2,3)24-13(22)21-6-4-11(5-7-21)23-12-19-8-10(9-20-12)15(16,17)18;;/h8-9,11H,4-7H2,1-3H3;1H;/q;;+1/p-1. The minimum Gasteiger partial charge on any atom is -1.00 e. The summed E-state index contributed by atoms with van der Waals surface area (Å²) >= 11 is 0. The Morgan fingerprint density at radius 3 is 2.08 bits per heavy atom. The Morgan fingerprint density at radius 2 is 1.65 bits per heavy atom.